The molecule has 0 aliphatic rings. The fourth-order valence-corrected chi connectivity index (χ4v) is 0.711. The van der Waals surface area contributed by atoms with Crippen LogP contribution >= 0.6 is 0 Å². The van der Waals surface area contributed by atoms with Gasteiger partial charge in [-0.1, -0.05) is 0 Å². The van der Waals surface area contributed by atoms with Crippen molar-refractivity contribution < 1.29 is 4.92 Å². The number of aromatic nitrogens is 2. The van der Waals surface area contributed by atoms with E-state index < -0.39 is 16.2 Å². The molecule has 1 aromatic heterocycles. The van der Waals surface area contributed by atoms with Crippen molar-refractivity contribution in [2.45, 2.75) is 0 Å². The second-order valence-electron chi connectivity index (χ2n) is 2.15. The Hall–Kier alpha value is -1.92. The lowest BCUT2D eigenvalue weighted by Gasteiger charge is -1.97. The van der Waals surface area contributed by atoms with Crippen molar-refractivity contribution in [3.05, 3.63) is 26.8 Å². The van der Waals surface area contributed by atoms with Crippen molar-refractivity contribution in [2.75, 3.05) is 5.73 Å². The molecule has 1 heterocycles. The molecule has 0 atom stereocenters. The quantitative estimate of drug-likeness (QED) is 0.442. The molecule has 0 spiro atoms. The van der Waals surface area contributed by atoms with Gasteiger partial charge in [0, 0.05) is 7.05 Å². The Kier molecular flexibility index (Phi) is 1.78. The number of nitrogen functional groups attached to an aromatic ring is 1. The largest absolute Gasteiger partial charge is 0.378 e. The number of nitrogens with zero attached hydrogens (tertiary/aromatic N) is 3. The van der Waals surface area contributed by atoms with Crippen LogP contribution in [0.3, 0.4) is 0 Å². The van der Waals surface area contributed by atoms with Gasteiger partial charge in [0.2, 0.25) is 5.82 Å². The molecule has 0 unspecified atom stereocenters. The third-order valence-corrected chi connectivity index (χ3v) is 1.32. The summed E-state index contributed by atoms with van der Waals surface area (Å²) in [6.45, 7) is 0. The van der Waals surface area contributed by atoms with Crippen LogP contribution in [0.15, 0.2) is 11.1 Å². The summed E-state index contributed by atoms with van der Waals surface area (Å²) in [7, 11) is 1.36. The van der Waals surface area contributed by atoms with Crippen molar-refractivity contribution in [1.29, 1.82) is 0 Å². The average Bonchev–Trinajstić information content (AvgIpc) is 1.97. The van der Waals surface area contributed by atoms with E-state index in [1.165, 1.54) is 7.05 Å². The first-order chi connectivity index (χ1) is 5.54. The van der Waals surface area contributed by atoms with E-state index in [1.54, 1.807) is 0 Å². The first kappa shape index (κ1) is 8.18. The normalized spacial score (nSPS) is 9.75. The van der Waals surface area contributed by atoms with Gasteiger partial charge in [-0.2, -0.15) is 0 Å². The van der Waals surface area contributed by atoms with E-state index in [0.29, 0.717) is 0 Å². The molecule has 0 aliphatic heterocycles. The summed E-state index contributed by atoms with van der Waals surface area (Å²) in [5.74, 6) is -0.358. The van der Waals surface area contributed by atoms with Crippen molar-refractivity contribution in [3.8, 4) is 0 Å². The highest BCUT2D eigenvalue weighted by Gasteiger charge is 2.18. The van der Waals surface area contributed by atoms with Crippen LogP contribution in [0.25, 0.3) is 0 Å². The molecule has 1 aromatic rings. The monoisotopic (exact) mass is 170 g/mol. The van der Waals surface area contributed by atoms with E-state index in [4.69, 9.17) is 5.73 Å². The number of nitro groups is 1. The number of hydrogen-bond donors (Lipinski definition) is 1. The average molecular weight is 170 g/mol. The standard InChI is InChI=1S/C5H6N4O3/c1-8-2-7-4(6)3(5(8)10)9(11)12/h2H,6H2,1H3. The lowest BCUT2D eigenvalue weighted by Crippen LogP contribution is -2.21. The molecule has 0 saturated carbocycles. The second kappa shape index (κ2) is 2.61. The summed E-state index contributed by atoms with van der Waals surface area (Å²) < 4.78 is 0.995. The van der Waals surface area contributed by atoms with Gasteiger partial charge >= 0.3 is 11.2 Å². The Balaban J connectivity index is 3.55. The van der Waals surface area contributed by atoms with Crippen LogP contribution in [0.4, 0.5) is 11.5 Å². The number of aryl methyl sites for hydroxylation is 1. The highest BCUT2D eigenvalue weighted by molar-refractivity contribution is 5.49. The molecule has 7 heteroatoms. The maximum absolute atomic E-state index is 11.0. The molecule has 1 rings (SSSR count). The van der Waals surface area contributed by atoms with Gasteiger partial charge in [-0.15, -0.1) is 0 Å². The minimum Gasteiger partial charge on any atom is -0.378 e. The third kappa shape index (κ3) is 1.11. The maximum Gasteiger partial charge on any atom is 0.375 e. The topological polar surface area (TPSA) is 104 Å². The molecule has 0 amide bonds. The van der Waals surface area contributed by atoms with E-state index in [1.807, 2.05) is 0 Å². The second-order valence-corrected chi connectivity index (χ2v) is 2.15. The van der Waals surface area contributed by atoms with E-state index in [2.05, 4.69) is 4.98 Å². The van der Waals surface area contributed by atoms with E-state index in [0.717, 1.165) is 10.9 Å². The molecule has 12 heavy (non-hydrogen) atoms. The summed E-state index contributed by atoms with van der Waals surface area (Å²) in [6.07, 6.45) is 1.13. The predicted octanol–water partition coefficient (Wildman–Crippen LogP) is -0.729. The molecule has 7 nitrogen and oxygen atoms in total. The number of anilines is 1. The van der Waals surface area contributed by atoms with Gasteiger partial charge in [-0.25, -0.2) is 4.98 Å². The van der Waals surface area contributed by atoms with Crippen LogP contribution in [0.2, 0.25) is 0 Å². The Morgan fingerprint density at radius 2 is 2.33 bits per heavy atom. The smallest absolute Gasteiger partial charge is 0.375 e. The molecule has 0 bridgehead atoms. The number of nitrogens with two attached hydrogens (primary N) is 1. The molecule has 2 N–H and O–H groups in total. The first-order valence-electron chi connectivity index (χ1n) is 2.99. The highest BCUT2D eigenvalue weighted by atomic mass is 16.6. The van der Waals surface area contributed by atoms with Gasteiger partial charge < -0.3 is 5.73 Å². The fourth-order valence-electron chi connectivity index (χ4n) is 0.711. The van der Waals surface area contributed by atoms with Gasteiger partial charge in [0.05, 0.1) is 4.92 Å². The predicted molar refractivity (Wildman–Crippen MR) is 40.5 cm³/mol. The van der Waals surface area contributed by atoms with Crippen molar-refractivity contribution in [3.63, 3.8) is 0 Å². The minimum absolute atomic E-state index is 0.358. The lowest BCUT2D eigenvalue weighted by atomic mass is 10.5. The molecular formula is C5H6N4O3. The fraction of sp³-hybridized carbons (Fsp3) is 0.200. The number of hydrogen-bond acceptors (Lipinski definition) is 5. The van der Waals surface area contributed by atoms with Crippen LogP contribution in [0, 0.1) is 10.1 Å². The van der Waals surface area contributed by atoms with Crippen molar-refractivity contribution in [2.24, 2.45) is 7.05 Å². The SMILES string of the molecule is Cn1cnc(N)c([N+](=O)[O-])c1=O. The molecular weight excluding hydrogens is 164 g/mol. The summed E-state index contributed by atoms with van der Waals surface area (Å²) in [5.41, 5.74) is 3.69. The Morgan fingerprint density at radius 3 is 2.75 bits per heavy atom. The zero-order valence-electron chi connectivity index (χ0n) is 6.22. The van der Waals surface area contributed by atoms with Crippen LogP contribution in [0.5, 0.6) is 0 Å². The number of rotatable bonds is 1. The van der Waals surface area contributed by atoms with Crippen LogP contribution < -0.4 is 11.3 Å². The maximum atomic E-state index is 11.0. The van der Waals surface area contributed by atoms with Gasteiger partial charge in [0.1, 0.15) is 6.33 Å². The van der Waals surface area contributed by atoms with Crippen LogP contribution in [-0.4, -0.2) is 14.5 Å². The third-order valence-electron chi connectivity index (χ3n) is 1.32. The molecule has 0 fully saturated rings. The lowest BCUT2D eigenvalue weighted by molar-refractivity contribution is -0.385. The molecule has 0 aliphatic carbocycles. The van der Waals surface area contributed by atoms with Gasteiger partial charge in [-0.3, -0.25) is 19.5 Å². The van der Waals surface area contributed by atoms with Gasteiger partial charge in [0.15, 0.2) is 0 Å². The van der Waals surface area contributed by atoms with E-state index in [9.17, 15) is 14.9 Å². The summed E-state index contributed by atoms with van der Waals surface area (Å²) in [6, 6.07) is 0. The summed E-state index contributed by atoms with van der Waals surface area (Å²) in [5, 5.41) is 10.3. The van der Waals surface area contributed by atoms with Gasteiger partial charge in [0.25, 0.3) is 0 Å². The molecule has 0 aromatic carbocycles. The summed E-state index contributed by atoms with van der Waals surface area (Å²) >= 11 is 0. The van der Waals surface area contributed by atoms with E-state index >= 15 is 0 Å². The zero-order chi connectivity index (χ0) is 9.30. The summed E-state index contributed by atoms with van der Waals surface area (Å²) in [4.78, 5) is 23.9. The highest BCUT2D eigenvalue weighted by Crippen LogP contribution is 2.09. The minimum atomic E-state index is -0.843. The Bertz CT molecular complexity index is 383. The van der Waals surface area contributed by atoms with E-state index in [-0.39, 0.29) is 5.82 Å². The molecule has 64 valence electrons. The van der Waals surface area contributed by atoms with Crippen LogP contribution in [-0.2, 0) is 7.05 Å². The first-order valence-corrected chi connectivity index (χ1v) is 2.99. The molecule has 0 saturated heterocycles. The Labute approximate surface area is 66.6 Å². The molecule has 0 radical (unpaired) electrons. The Morgan fingerprint density at radius 1 is 1.75 bits per heavy atom. The van der Waals surface area contributed by atoms with Crippen LogP contribution in [0.1, 0.15) is 0 Å². The zero-order valence-corrected chi connectivity index (χ0v) is 6.22. The van der Waals surface area contributed by atoms with Crippen molar-refractivity contribution >= 4 is 11.5 Å². The van der Waals surface area contributed by atoms with Gasteiger partial charge in [-0.05, 0) is 0 Å². The van der Waals surface area contributed by atoms with Crippen molar-refractivity contribution in [1.82, 2.24) is 9.55 Å².